The summed E-state index contributed by atoms with van der Waals surface area (Å²) < 4.78 is 0.808. The van der Waals surface area contributed by atoms with E-state index in [0.29, 0.717) is 22.4 Å². The summed E-state index contributed by atoms with van der Waals surface area (Å²) in [6.07, 6.45) is 1.68. The smallest absolute Gasteiger partial charge is 0.323 e. The molecule has 0 bridgehead atoms. The van der Waals surface area contributed by atoms with Gasteiger partial charge < -0.3 is 20.3 Å². The minimum atomic E-state index is -0.272. The van der Waals surface area contributed by atoms with E-state index in [4.69, 9.17) is 0 Å². The van der Waals surface area contributed by atoms with E-state index in [0.717, 1.165) is 4.47 Å². The summed E-state index contributed by atoms with van der Waals surface area (Å²) in [6.45, 7) is 0. The molecule has 0 aliphatic carbocycles. The molecule has 1 amide bonds. The first kappa shape index (κ1) is 11.8. The molecule has 0 aliphatic heterocycles. The van der Waals surface area contributed by atoms with Crippen LogP contribution in [0, 0.1) is 0 Å². The zero-order chi connectivity index (χ0) is 13.4. The summed E-state index contributed by atoms with van der Waals surface area (Å²) in [4.78, 5) is 31.2. The van der Waals surface area contributed by atoms with E-state index in [1.807, 2.05) is 0 Å². The molecule has 2 heterocycles. The number of nitrogens with one attached hydrogen (secondary N) is 4. The molecule has 96 valence electrons. The van der Waals surface area contributed by atoms with Crippen LogP contribution < -0.4 is 11.0 Å². The number of fused-ring (bicyclic) bond motifs is 1. The molecule has 3 rings (SSSR count). The minimum Gasteiger partial charge on any atom is -0.356 e. The number of imidazole rings is 1. The fourth-order valence-corrected chi connectivity index (χ4v) is 2.15. The highest BCUT2D eigenvalue weighted by Crippen LogP contribution is 2.16. The molecule has 0 saturated heterocycles. The molecular formula is C12H9BrN4O2. The van der Waals surface area contributed by atoms with Gasteiger partial charge in [-0.15, -0.1) is 0 Å². The van der Waals surface area contributed by atoms with Gasteiger partial charge in [0.2, 0.25) is 0 Å². The highest BCUT2D eigenvalue weighted by molar-refractivity contribution is 9.10. The third-order valence-electron chi connectivity index (χ3n) is 2.67. The predicted molar refractivity (Wildman–Crippen MR) is 75.4 cm³/mol. The van der Waals surface area contributed by atoms with Crippen molar-refractivity contribution in [1.82, 2.24) is 15.0 Å². The van der Waals surface area contributed by atoms with Crippen molar-refractivity contribution in [2.45, 2.75) is 0 Å². The van der Waals surface area contributed by atoms with Gasteiger partial charge in [-0.05, 0) is 40.2 Å². The van der Waals surface area contributed by atoms with E-state index in [1.54, 1.807) is 30.5 Å². The summed E-state index contributed by atoms with van der Waals surface area (Å²) in [6, 6.07) is 6.84. The van der Waals surface area contributed by atoms with Gasteiger partial charge in [0.25, 0.3) is 5.91 Å². The van der Waals surface area contributed by atoms with Crippen molar-refractivity contribution in [2.75, 3.05) is 5.32 Å². The van der Waals surface area contributed by atoms with Crippen molar-refractivity contribution in [1.29, 1.82) is 0 Å². The van der Waals surface area contributed by atoms with Crippen LogP contribution in [0.25, 0.3) is 11.0 Å². The van der Waals surface area contributed by atoms with Crippen LogP contribution in [-0.4, -0.2) is 20.9 Å². The standard InChI is InChI=1S/C12H9BrN4O2/c13-6-3-10(14-5-6)11(18)15-7-1-2-8-9(4-7)17-12(19)16-8/h1-5,14H,(H,15,18)(H2,16,17,19). The molecule has 0 saturated carbocycles. The van der Waals surface area contributed by atoms with Crippen molar-refractivity contribution in [3.63, 3.8) is 0 Å². The number of H-pyrrole nitrogens is 3. The zero-order valence-corrected chi connectivity index (χ0v) is 11.2. The number of benzene rings is 1. The lowest BCUT2D eigenvalue weighted by Gasteiger charge is -2.03. The second-order valence-corrected chi connectivity index (χ2v) is 4.94. The fraction of sp³-hybridized carbons (Fsp3) is 0. The molecule has 0 radical (unpaired) electrons. The van der Waals surface area contributed by atoms with Crippen LogP contribution in [0.15, 0.2) is 39.7 Å². The third kappa shape index (κ3) is 2.32. The van der Waals surface area contributed by atoms with Gasteiger partial charge in [-0.25, -0.2) is 4.79 Å². The number of aromatic amines is 3. The summed E-state index contributed by atoms with van der Waals surface area (Å²) in [7, 11) is 0. The highest BCUT2D eigenvalue weighted by atomic mass is 79.9. The average molecular weight is 321 g/mol. The van der Waals surface area contributed by atoms with Gasteiger partial charge in [0, 0.05) is 16.4 Å². The van der Waals surface area contributed by atoms with E-state index in [9.17, 15) is 9.59 Å². The molecule has 0 atom stereocenters. The molecule has 2 aromatic heterocycles. The number of carbonyl (C=O) groups excluding carboxylic acids is 1. The van der Waals surface area contributed by atoms with Crippen LogP contribution in [-0.2, 0) is 0 Å². The molecule has 6 nitrogen and oxygen atoms in total. The van der Waals surface area contributed by atoms with Crippen LogP contribution in [0.1, 0.15) is 10.5 Å². The number of aromatic nitrogens is 3. The van der Waals surface area contributed by atoms with Crippen LogP contribution in [0.3, 0.4) is 0 Å². The van der Waals surface area contributed by atoms with Gasteiger partial charge in [0.15, 0.2) is 0 Å². The number of hydrogen-bond donors (Lipinski definition) is 4. The Morgan fingerprint density at radius 2 is 1.95 bits per heavy atom. The monoisotopic (exact) mass is 320 g/mol. The third-order valence-corrected chi connectivity index (χ3v) is 3.12. The van der Waals surface area contributed by atoms with Gasteiger partial charge in [-0.1, -0.05) is 0 Å². The molecule has 19 heavy (non-hydrogen) atoms. The molecule has 3 aromatic rings. The average Bonchev–Trinajstić information content (AvgIpc) is 2.93. The lowest BCUT2D eigenvalue weighted by molar-refractivity contribution is 0.102. The van der Waals surface area contributed by atoms with Crippen LogP contribution in [0.2, 0.25) is 0 Å². The Balaban J connectivity index is 1.88. The van der Waals surface area contributed by atoms with Gasteiger partial charge in [-0.3, -0.25) is 4.79 Å². The molecule has 0 spiro atoms. The lowest BCUT2D eigenvalue weighted by Crippen LogP contribution is -2.12. The first-order chi connectivity index (χ1) is 9.11. The van der Waals surface area contributed by atoms with E-state index >= 15 is 0 Å². The Bertz CT molecular complexity index is 814. The molecule has 4 N–H and O–H groups in total. The number of amides is 1. The van der Waals surface area contributed by atoms with E-state index in [1.165, 1.54) is 0 Å². The highest BCUT2D eigenvalue weighted by Gasteiger charge is 2.09. The van der Waals surface area contributed by atoms with Crippen LogP contribution in [0.4, 0.5) is 5.69 Å². The molecular weight excluding hydrogens is 312 g/mol. The summed E-state index contributed by atoms with van der Waals surface area (Å²) in [5, 5.41) is 2.75. The number of rotatable bonds is 2. The number of carbonyl (C=O) groups is 1. The van der Waals surface area contributed by atoms with Crippen molar-refractivity contribution in [2.24, 2.45) is 0 Å². The summed E-state index contributed by atoms with van der Waals surface area (Å²) in [5.74, 6) is -0.247. The van der Waals surface area contributed by atoms with Gasteiger partial charge in [-0.2, -0.15) is 0 Å². The molecule has 0 fully saturated rings. The van der Waals surface area contributed by atoms with Crippen LogP contribution >= 0.6 is 15.9 Å². The second kappa shape index (κ2) is 4.43. The summed E-state index contributed by atoms with van der Waals surface area (Å²) in [5.41, 5.74) is 2.14. The summed E-state index contributed by atoms with van der Waals surface area (Å²) >= 11 is 3.27. The fourth-order valence-electron chi connectivity index (χ4n) is 1.81. The van der Waals surface area contributed by atoms with E-state index < -0.39 is 0 Å². The Morgan fingerprint density at radius 3 is 2.68 bits per heavy atom. The van der Waals surface area contributed by atoms with Crippen molar-refractivity contribution < 1.29 is 4.79 Å². The largest absolute Gasteiger partial charge is 0.356 e. The molecule has 0 aliphatic rings. The van der Waals surface area contributed by atoms with Gasteiger partial charge >= 0.3 is 5.69 Å². The van der Waals surface area contributed by atoms with Crippen molar-refractivity contribution in [3.8, 4) is 0 Å². The van der Waals surface area contributed by atoms with E-state index in [-0.39, 0.29) is 11.6 Å². The molecule has 7 heteroatoms. The maximum absolute atomic E-state index is 11.9. The van der Waals surface area contributed by atoms with Crippen LogP contribution in [0.5, 0.6) is 0 Å². The Hall–Kier alpha value is -2.28. The number of halogens is 1. The second-order valence-electron chi connectivity index (χ2n) is 4.03. The van der Waals surface area contributed by atoms with Crippen molar-refractivity contribution >= 4 is 38.6 Å². The maximum atomic E-state index is 11.9. The minimum absolute atomic E-state index is 0.247. The normalized spacial score (nSPS) is 10.8. The van der Waals surface area contributed by atoms with E-state index in [2.05, 4.69) is 36.2 Å². The Labute approximate surface area is 115 Å². The van der Waals surface area contributed by atoms with Gasteiger partial charge in [0.05, 0.1) is 11.0 Å². The predicted octanol–water partition coefficient (Wildman–Crippen LogP) is 2.20. The Kier molecular flexibility index (Phi) is 2.75. The quantitative estimate of drug-likeness (QED) is 0.582. The first-order valence-electron chi connectivity index (χ1n) is 5.49. The zero-order valence-electron chi connectivity index (χ0n) is 9.58. The molecule has 1 aromatic carbocycles. The number of hydrogen-bond acceptors (Lipinski definition) is 2. The number of anilines is 1. The molecule has 0 unspecified atom stereocenters. The first-order valence-corrected chi connectivity index (χ1v) is 6.28. The lowest BCUT2D eigenvalue weighted by atomic mass is 10.2. The Morgan fingerprint density at radius 1 is 1.16 bits per heavy atom. The topological polar surface area (TPSA) is 93.5 Å². The van der Waals surface area contributed by atoms with Gasteiger partial charge in [0.1, 0.15) is 5.69 Å². The SMILES string of the molecule is O=C(Nc1ccc2[nH]c(=O)[nH]c2c1)c1cc(Br)c[nH]1. The maximum Gasteiger partial charge on any atom is 0.323 e. The van der Waals surface area contributed by atoms with Crippen molar-refractivity contribution in [3.05, 3.63) is 51.1 Å².